The Hall–Kier alpha value is -1.76. The second kappa shape index (κ2) is 5.93. The number of rotatable bonds is 4. The van der Waals surface area contributed by atoms with Crippen LogP contribution in [0.15, 0.2) is 53.3 Å². The van der Waals surface area contributed by atoms with E-state index in [0.717, 1.165) is 15.6 Å². The topological polar surface area (TPSA) is 55.3 Å². The zero-order chi connectivity index (χ0) is 14.8. The van der Waals surface area contributed by atoms with Crippen LogP contribution in [-0.2, 0) is 6.42 Å². The zero-order valence-corrected chi connectivity index (χ0v) is 12.7. The molecule has 2 heterocycles. The summed E-state index contributed by atoms with van der Waals surface area (Å²) in [5, 5.41) is 4.29. The highest BCUT2D eigenvalue weighted by Gasteiger charge is 2.17. The maximum atomic E-state index is 13.9. The van der Waals surface area contributed by atoms with E-state index in [-0.39, 0.29) is 11.9 Å². The second-order valence-corrected chi connectivity index (χ2v) is 5.71. The molecule has 0 aliphatic carbocycles. The number of pyridine rings is 1. The van der Waals surface area contributed by atoms with Crippen LogP contribution >= 0.6 is 15.9 Å². The maximum Gasteiger partial charge on any atom is 0.126 e. The zero-order valence-electron chi connectivity index (χ0n) is 11.1. The van der Waals surface area contributed by atoms with Crippen molar-refractivity contribution < 1.29 is 4.39 Å². The third-order valence-corrected chi connectivity index (χ3v) is 3.96. The number of aromatic nitrogens is 2. The molecule has 1 aromatic carbocycles. The molecule has 3 N–H and O–H groups in total. The van der Waals surface area contributed by atoms with Gasteiger partial charge in [-0.1, -0.05) is 22.0 Å². The number of hydrogen-bond donors (Lipinski definition) is 2. The summed E-state index contributed by atoms with van der Waals surface area (Å²) in [7, 11) is 0. The van der Waals surface area contributed by atoms with E-state index in [4.69, 9.17) is 5.84 Å². The first-order valence-electron chi connectivity index (χ1n) is 6.51. The van der Waals surface area contributed by atoms with Crippen molar-refractivity contribution in [2.45, 2.75) is 12.5 Å². The van der Waals surface area contributed by atoms with E-state index in [9.17, 15) is 4.39 Å². The van der Waals surface area contributed by atoms with Gasteiger partial charge in [0.15, 0.2) is 0 Å². The van der Waals surface area contributed by atoms with Crippen molar-refractivity contribution in [1.29, 1.82) is 0 Å². The van der Waals surface area contributed by atoms with Crippen molar-refractivity contribution in [3.05, 3.63) is 70.2 Å². The molecule has 0 bridgehead atoms. The molecule has 0 saturated carbocycles. The lowest BCUT2D eigenvalue weighted by Gasteiger charge is -2.15. The summed E-state index contributed by atoms with van der Waals surface area (Å²) in [5.74, 6) is 5.43. The van der Waals surface area contributed by atoms with E-state index in [1.807, 2.05) is 24.4 Å². The first-order chi connectivity index (χ1) is 10.2. The molecule has 0 radical (unpaired) electrons. The molecular formula is C15H14BrFN4. The van der Waals surface area contributed by atoms with E-state index in [1.165, 1.54) is 6.07 Å². The van der Waals surface area contributed by atoms with Crippen LogP contribution in [0.2, 0.25) is 0 Å². The van der Waals surface area contributed by atoms with Crippen LogP contribution in [0.1, 0.15) is 17.2 Å². The van der Waals surface area contributed by atoms with E-state index >= 15 is 0 Å². The summed E-state index contributed by atoms with van der Waals surface area (Å²) in [4.78, 5) is 0. The van der Waals surface area contributed by atoms with E-state index in [2.05, 4.69) is 26.5 Å². The molecule has 4 nitrogen and oxygen atoms in total. The van der Waals surface area contributed by atoms with Crippen molar-refractivity contribution in [2.24, 2.45) is 5.84 Å². The van der Waals surface area contributed by atoms with Crippen molar-refractivity contribution >= 4 is 21.4 Å². The summed E-state index contributed by atoms with van der Waals surface area (Å²) < 4.78 is 16.5. The normalized spacial score (nSPS) is 12.7. The van der Waals surface area contributed by atoms with Crippen molar-refractivity contribution in [3.8, 4) is 0 Å². The largest absolute Gasteiger partial charge is 0.271 e. The highest BCUT2D eigenvalue weighted by molar-refractivity contribution is 9.10. The summed E-state index contributed by atoms with van der Waals surface area (Å²) >= 11 is 3.36. The average molecular weight is 349 g/mol. The average Bonchev–Trinajstić information content (AvgIpc) is 2.92. The number of nitrogens with one attached hydrogen (secondary N) is 1. The Labute approximate surface area is 129 Å². The van der Waals surface area contributed by atoms with Crippen LogP contribution in [0.4, 0.5) is 4.39 Å². The molecule has 0 aliphatic rings. The van der Waals surface area contributed by atoms with Crippen molar-refractivity contribution in [2.75, 3.05) is 0 Å². The van der Waals surface area contributed by atoms with Crippen molar-refractivity contribution in [1.82, 2.24) is 15.0 Å². The summed E-state index contributed by atoms with van der Waals surface area (Å²) in [6, 6.07) is 10.5. The van der Waals surface area contributed by atoms with Gasteiger partial charge in [-0.05, 0) is 42.3 Å². The predicted molar refractivity (Wildman–Crippen MR) is 83.1 cm³/mol. The quantitative estimate of drug-likeness (QED) is 0.562. The van der Waals surface area contributed by atoms with Crippen LogP contribution < -0.4 is 11.3 Å². The second-order valence-electron chi connectivity index (χ2n) is 4.79. The highest BCUT2D eigenvalue weighted by Crippen LogP contribution is 2.25. The van der Waals surface area contributed by atoms with Gasteiger partial charge in [0.25, 0.3) is 0 Å². The first kappa shape index (κ1) is 14.2. The standard InChI is InChI=1S/C15H14BrFN4/c16-11-4-5-13(17)10(7-11)8-14(20-18)12-9-19-21-6-2-1-3-15(12)21/h1-7,9,14,20H,8,18H2. The van der Waals surface area contributed by atoms with Crippen LogP contribution in [0, 0.1) is 5.82 Å². The molecule has 21 heavy (non-hydrogen) atoms. The molecule has 6 heteroatoms. The molecule has 0 aliphatic heterocycles. The smallest absolute Gasteiger partial charge is 0.126 e. The van der Waals surface area contributed by atoms with E-state index < -0.39 is 0 Å². The molecular weight excluding hydrogens is 335 g/mol. The highest BCUT2D eigenvalue weighted by atomic mass is 79.9. The Morgan fingerprint density at radius 2 is 2.19 bits per heavy atom. The molecule has 3 aromatic rings. The fourth-order valence-electron chi connectivity index (χ4n) is 2.40. The monoisotopic (exact) mass is 348 g/mol. The molecule has 2 aromatic heterocycles. The van der Waals surface area contributed by atoms with Crippen LogP contribution in [0.25, 0.3) is 5.52 Å². The number of hydrogen-bond acceptors (Lipinski definition) is 3. The number of fused-ring (bicyclic) bond motifs is 1. The molecule has 0 amide bonds. The Morgan fingerprint density at radius 1 is 1.33 bits per heavy atom. The predicted octanol–water partition coefficient (Wildman–Crippen LogP) is 2.98. The van der Waals surface area contributed by atoms with Gasteiger partial charge in [-0.2, -0.15) is 5.10 Å². The number of nitrogens with zero attached hydrogens (tertiary/aromatic N) is 2. The molecule has 1 atom stereocenters. The Balaban J connectivity index is 1.97. The van der Waals surface area contributed by atoms with Crippen LogP contribution in [-0.4, -0.2) is 9.61 Å². The van der Waals surface area contributed by atoms with Gasteiger partial charge in [-0.15, -0.1) is 0 Å². The molecule has 3 rings (SSSR count). The minimum atomic E-state index is -0.241. The van der Waals surface area contributed by atoms with E-state index in [1.54, 1.807) is 22.8 Å². The van der Waals surface area contributed by atoms with Gasteiger partial charge >= 0.3 is 0 Å². The molecule has 108 valence electrons. The maximum absolute atomic E-state index is 13.9. The number of nitrogens with two attached hydrogens (primary N) is 1. The Morgan fingerprint density at radius 3 is 3.00 bits per heavy atom. The summed E-state index contributed by atoms with van der Waals surface area (Å²) in [6.45, 7) is 0. The molecule has 0 fully saturated rings. The Bertz CT molecular complexity index is 771. The molecule has 0 saturated heterocycles. The number of benzene rings is 1. The lowest BCUT2D eigenvalue weighted by molar-refractivity contribution is 0.531. The molecule has 1 unspecified atom stereocenters. The SMILES string of the molecule is NNC(Cc1cc(Br)ccc1F)c1cnn2ccccc12. The Kier molecular flexibility index (Phi) is 4.01. The lowest BCUT2D eigenvalue weighted by Crippen LogP contribution is -2.29. The van der Waals surface area contributed by atoms with Gasteiger partial charge in [-0.25, -0.2) is 8.91 Å². The fraction of sp³-hybridized carbons (Fsp3) is 0.133. The first-order valence-corrected chi connectivity index (χ1v) is 7.30. The van der Waals surface area contributed by atoms with Gasteiger partial charge in [0.2, 0.25) is 0 Å². The van der Waals surface area contributed by atoms with Crippen LogP contribution in [0.3, 0.4) is 0 Å². The van der Waals surface area contributed by atoms with Gasteiger partial charge in [0.1, 0.15) is 5.82 Å². The lowest BCUT2D eigenvalue weighted by atomic mass is 10.00. The van der Waals surface area contributed by atoms with Crippen molar-refractivity contribution in [3.63, 3.8) is 0 Å². The van der Waals surface area contributed by atoms with Gasteiger partial charge in [-0.3, -0.25) is 11.3 Å². The minimum Gasteiger partial charge on any atom is -0.271 e. The number of hydrazine groups is 1. The fourth-order valence-corrected chi connectivity index (χ4v) is 2.81. The van der Waals surface area contributed by atoms with Gasteiger partial charge in [0, 0.05) is 16.2 Å². The van der Waals surface area contributed by atoms with Crippen LogP contribution in [0.5, 0.6) is 0 Å². The number of halogens is 2. The summed E-state index contributed by atoms with van der Waals surface area (Å²) in [6.07, 6.45) is 4.07. The van der Waals surface area contributed by atoms with Gasteiger partial charge in [0.05, 0.1) is 17.8 Å². The van der Waals surface area contributed by atoms with E-state index in [0.29, 0.717) is 12.0 Å². The summed E-state index contributed by atoms with van der Waals surface area (Å²) in [5.41, 5.74) is 5.25. The minimum absolute atomic E-state index is 0.214. The third-order valence-electron chi connectivity index (χ3n) is 3.46. The van der Waals surface area contributed by atoms with Gasteiger partial charge < -0.3 is 0 Å². The molecule has 0 spiro atoms. The third kappa shape index (κ3) is 2.83.